The molecule has 0 atom stereocenters. The second-order valence-corrected chi connectivity index (χ2v) is 6.41. The number of hydrogen-bond donors (Lipinski definition) is 0. The monoisotopic (exact) mass is 326 g/mol. The minimum Gasteiger partial charge on any atom is -0.347 e. The number of likely N-dealkylation sites (tertiary alicyclic amines) is 1. The number of rotatable bonds is 3. The van der Waals surface area contributed by atoms with Crippen molar-refractivity contribution >= 4 is 5.91 Å². The average molecular weight is 326 g/mol. The molecule has 2 aromatic rings. The standard InChI is InChI=1S/C19H22N2O3/c22-18(20-11-8-19(9-12-20)23-13-14-24-19)17-7-4-10-21(17)15-16-5-2-1-3-6-16/h1-7,10H,8-9,11-15H2. The molecule has 0 bridgehead atoms. The Labute approximate surface area is 141 Å². The Morgan fingerprint density at radius 1 is 1.00 bits per heavy atom. The summed E-state index contributed by atoms with van der Waals surface area (Å²) in [5.74, 6) is -0.355. The zero-order valence-corrected chi connectivity index (χ0v) is 13.7. The summed E-state index contributed by atoms with van der Waals surface area (Å²) >= 11 is 0. The van der Waals surface area contributed by atoms with E-state index >= 15 is 0 Å². The normalized spacial score (nSPS) is 19.8. The molecule has 4 rings (SSSR count). The summed E-state index contributed by atoms with van der Waals surface area (Å²) in [6.45, 7) is 3.38. The number of carbonyl (C=O) groups is 1. The van der Waals surface area contributed by atoms with Crippen molar-refractivity contribution in [1.29, 1.82) is 0 Å². The van der Waals surface area contributed by atoms with Gasteiger partial charge >= 0.3 is 0 Å². The zero-order chi connectivity index (χ0) is 16.4. The van der Waals surface area contributed by atoms with Crippen molar-refractivity contribution in [3.05, 3.63) is 59.9 Å². The van der Waals surface area contributed by atoms with E-state index in [4.69, 9.17) is 9.47 Å². The van der Waals surface area contributed by atoms with Crippen molar-refractivity contribution in [1.82, 2.24) is 9.47 Å². The minimum absolute atomic E-state index is 0.0868. The molecule has 2 fully saturated rings. The first-order valence-electron chi connectivity index (χ1n) is 8.52. The smallest absolute Gasteiger partial charge is 0.270 e. The molecule has 1 spiro atoms. The van der Waals surface area contributed by atoms with E-state index < -0.39 is 5.79 Å². The average Bonchev–Trinajstić information content (AvgIpc) is 3.26. The molecule has 5 nitrogen and oxygen atoms in total. The van der Waals surface area contributed by atoms with Gasteiger partial charge in [0.05, 0.1) is 13.2 Å². The highest BCUT2D eigenvalue weighted by Crippen LogP contribution is 2.31. The van der Waals surface area contributed by atoms with Crippen LogP contribution in [0.4, 0.5) is 0 Å². The summed E-state index contributed by atoms with van der Waals surface area (Å²) in [6.07, 6.45) is 3.46. The number of ether oxygens (including phenoxy) is 2. The van der Waals surface area contributed by atoms with Crippen LogP contribution in [0.2, 0.25) is 0 Å². The number of aromatic nitrogens is 1. The number of amides is 1. The molecule has 2 aliphatic heterocycles. The van der Waals surface area contributed by atoms with Crippen LogP contribution < -0.4 is 0 Å². The molecule has 0 unspecified atom stereocenters. The summed E-state index contributed by atoms with van der Waals surface area (Å²) in [7, 11) is 0. The van der Waals surface area contributed by atoms with E-state index in [2.05, 4.69) is 12.1 Å². The third-order valence-corrected chi connectivity index (χ3v) is 4.87. The largest absolute Gasteiger partial charge is 0.347 e. The van der Waals surface area contributed by atoms with E-state index in [1.54, 1.807) is 0 Å². The van der Waals surface area contributed by atoms with Crippen molar-refractivity contribution in [3.63, 3.8) is 0 Å². The lowest BCUT2D eigenvalue weighted by Crippen LogP contribution is -2.47. The van der Waals surface area contributed by atoms with Gasteiger partial charge in [-0.05, 0) is 17.7 Å². The van der Waals surface area contributed by atoms with E-state index in [9.17, 15) is 4.79 Å². The van der Waals surface area contributed by atoms with Crippen LogP contribution in [-0.4, -0.2) is 47.5 Å². The fourth-order valence-electron chi connectivity index (χ4n) is 3.52. The molecule has 1 amide bonds. The molecule has 0 radical (unpaired) electrons. The first-order valence-corrected chi connectivity index (χ1v) is 8.52. The predicted octanol–water partition coefficient (Wildman–Crippen LogP) is 2.52. The van der Waals surface area contributed by atoms with Crippen LogP contribution in [0.1, 0.15) is 28.9 Å². The van der Waals surface area contributed by atoms with Crippen LogP contribution in [0, 0.1) is 0 Å². The third-order valence-electron chi connectivity index (χ3n) is 4.87. The highest BCUT2D eigenvalue weighted by Gasteiger charge is 2.41. The fraction of sp³-hybridized carbons (Fsp3) is 0.421. The molecule has 1 aromatic carbocycles. The third kappa shape index (κ3) is 2.97. The summed E-state index contributed by atoms with van der Waals surface area (Å²) in [5, 5.41) is 0. The molecular formula is C19H22N2O3. The Kier molecular flexibility index (Phi) is 4.12. The molecule has 0 saturated carbocycles. The van der Waals surface area contributed by atoms with Crippen LogP contribution in [0.5, 0.6) is 0 Å². The summed E-state index contributed by atoms with van der Waals surface area (Å²) in [5.41, 5.74) is 1.93. The molecule has 2 saturated heterocycles. The Balaban J connectivity index is 1.45. The quantitative estimate of drug-likeness (QED) is 0.870. The van der Waals surface area contributed by atoms with Gasteiger partial charge in [0.1, 0.15) is 5.69 Å². The van der Waals surface area contributed by atoms with Gasteiger partial charge in [-0.15, -0.1) is 0 Å². The first kappa shape index (κ1) is 15.4. The van der Waals surface area contributed by atoms with E-state index in [0.717, 1.165) is 18.5 Å². The van der Waals surface area contributed by atoms with Gasteiger partial charge in [-0.2, -0.15) is 0 Å². The maximum absolute atomic E-state index is 12.9. The second kappa shape index (κ2) is 6.42. The van der Waals surface area contributed by atoms with Crippen LogP contribution in [-0.2, 0) is 16.0 Å². The second-order valence-electron chi connectivity index (χ2n) is 6.41. The van der Waals surface area contributed by atoms with Crippen LogP contribution in [0.25, 0.3) is 0 Å². The molecule has 0 aliphatic carbocycles. The lowest BCUT2D eigenvalue weighted by Gasteiger charge is -2.37. The van der Waals surface area contributed by atoms with Crippen molar-refractivity contribution in [3.8, 4) is 0 Å². The zero-order valence-electron chi connectivity index (χ0n) is 13.7. The van der Waals surface area contributed by atoms with Crippen molar-refractivity contribution < 1.29 is 14.3 Å². The van der Waals surface area contributed by atoms with Crippen LogP contribution in [0.3, 0.4) is 0 Å². The first-order chi connectivity index (χ1) is 11.8. The molecule has 1 aromatic heterocycles. The fourth-order valence-corrected chi connectivity index (χ4v) is 3.52. The van der Waals surface area contributed by atoms with Gasteiger partial charge in [0.25, 0.3) is 5.91 Å². The van der Waals surface area contributed by atoms with E-state index in [1.165, 1.54) is 5.56 Å². The van der Waals surface area contributed by atoms with Gasteiger partial charge in [0.15, 0.2) is 5.79 Å². The molecule has 2 aliphatic rings. The van der Waals surface area contributed by atoms with Gasteiger partial charge < -0.3 is 18.9 Å². The number of hydrogen-bond acceptors (Lipinski definition) is 3. The number of carbonyl (C=O) groups excluding carboxylic acids is 1. The van der Waals surface area contributed by atoms with Crippen LogP contribution >= 0.6 is 0 Å². The van der Waals surface area contributed by atoms with Crippen LogP contribution in [0.15, 0.2) is 48.7 Å². The van der Waals surface area contributed by atoms with Crippen molar-refractivity contribution in [2.24, 2.45) is 0 Å². The summed E-state index contributed by atoms with van der Waals surface area (Å²) in [4.78, 5) is 14.8. The molecular weight excluding hydrogens is 304 g/mol. The van der Waals surface area contributed by atoms with E-state index in [1.807, 2.05) is 46.0 Å². The summed E-state index contributed by atoms with van der Waals surface area (Å²) < 4.78 is 13.5. The maximum Gasteiger partial charge on any atom is 0.270 e. The highest BCUT2D eigenvalue weighted by molar-refractivity contribution is 5.92. The number of nitrogens with zero attached hydrogens (tertiary/aromatic N) is 2. The lowest BCUT2D eigenvalue weighted by molar-refractivity contribution is -0.181. The lowest BCUT2D eigenvalue weighted by atomic mass is 10.0. The molecule has 24 heavy (non-hydrogen) atoms. The SMILES string of the molecule is O=C(c1cccn1Cc1ccccc1)N1CCC2(CC1)OCCO2. The molecule has 5 heteroatoms. The Bertz CT molecular complexity index is 694. The molecule has 3 heterocycles. The Morgan fingerprint density at radius 3 is 2.42 bits per heavy atom. The van der Waals surface area contributed by atoms with Gasteiger partial charge in [-0.3, -0.25) is 4.79 Å². The Morgan fingerprint density at radius 2 is 1.71 bits per heavy atom. The van der Waals surface area contributed by atoms with Gasteiger partial charge in [-0.25, -0.2) is 0 Å². The molecule has 126 valence electrons. The van der Waals surface area contributed by atoms with E-state index in [-0.39, 0.29) is 5.91 Å². The highest BCUT2D eigenvalue weighted by atomic mass is 16.7. The van der Waals surface area contributed by atoms with Crippen molar-refractivity contribution in [2.75, 3.05) is 26.3 Å². The predicted molar refractivity (Wildman–Crippen MR) is 89.7 cm³/mol. The number of benzene rings is 1. The van der Waals surface area contributed by atoms with Gasteiger partial charge in [0.2, 0.25) is 0 Å². The van der Waals surface area contributed by atoms with E-state index in [0.29, 0.717) is 32.8 Å². The summed E-state index contributed by atoms with van der Waals surface area (Å²) in [6, 6.07) is 14.0. The topological polar surface area (TPSA) is 43.7 Å². The van der Waals surface area contributed by atoms with Gasteiger partial charge in [-0.1, -0.05) is 30.3 Å². The Hall–Kier alpha value is -2.11. The van der Waals surface area contributed by atoms with Crippen molar-refractivity contribution in [2.45, 2.75) is 25.2 Å². The number of piperidine rings is 1. The molecule has 0 N–H and O–H groups in total. The minimum atomic E-state index is -0.442. The maximum atomic E-state index is 12.9. The van der Waals surface area contributed by atoms with Gasteiger partial charge in [0, 0.05) is 38.7 Å².